The molecule has 0 spiro atoms. The molecule has 0 radical (unpaired) electrons. The van der Waals surface area contributed by atoms with Crippen LogP contribution in [0.2, 0.25) is 0 Å². The monoisotopic (exact) mass is 326 g/mol. The summed E-state index contributed by atoms with van der Waals surface area (Å²) >= 11 is 0. The molecule has 2 aromatic rings. The maximum Gasteiger partial charge on any atom is 0.126 e. The van der Waals surface area contributed by atoms with Crippen LogP contribution in [0.25, 0.3) is 0 Å². The average Bonchev–Trinajstić information content (AvgIpc) is 2.54. The molecule has 1 aliphatic heterocycles. The maximum absolute atomic E-state index is 10.3. The van der Waals surface area contributed by atoms with Crippen molar-refractivity contribution >= 4 is 0 Å². The molecule has 2 aromatic carbocycles. The first-order chi connectivity index (χ1) is 11.3. The molecule has 0 saturated heterocycles. The fourth-order valence-corrected chi connectivity index (χ4v) is 3.11. The van der Waals surface area contributed by atoms with Crippen LogP contribution in [0.15, 0.2) is 43.0 Å². The number of fused-ring (bicyclic) bond motifs is 1. The third-order valence-corrected chi connectivity index (χ3v) is 4.75. The standard InChI is InChI=1S/C20H22O4/c1-4-20(2,3)16-9-15(17(22)10-18(16)23)13-7-12-5-6-14(21)8-19(12)24-11-13/h4-6,8-10,13,21-23H,1,7,11H2,2-3H3/t13-/m0/s1. The molecule has 1 atom stereocenters. The van der Waals surface area contributed by atoms with Gasteiger partial charge in [0, 0.05) is 34.6 Å². The van der Waals surface area contributed by atoms with E-state index in [2.05, 4.69) is 6.58 Å². The third kappa shape index (κ3) is 2.80. The lowest BCUT2D eigenvalue weighted by Crippen LogP contribution is -2.20. The molecule has 1 aliphatic rings. The third-order valence-electron chi connectivity index (χ3n) is 4.75. The van der Waals surface area contributed by atoms with Crippen molar-refractivity contribution in [3.05, 3.63) is 59.7 Å². The summed E-state index contributed by atoms with van der Waals surface area (Å²) in [6.07, 6.45) is 2.47. The molecule has 4 heteroatoms. The molecule has 0 fully saturated rings. The number of phenols is 3. The van der Waals surface area contributed by atoms with E-state index in [1.807, 2.05) is 26.0 Å². The van der Waals surface area contributed by atoms with Gasteiger partial charge in [-0.05, 0) is 24.1 Å². The zero-order valence-electron chi connectivity index (χ0n) is 13.9. The Balaban J connectivity index is 2.00. The first kappa shape index (κ1) is 16.2. The van der Waals surface area contributed by atoms with Gasteiger partial charge in [-0.3, -0.25) is 0 Å². The molecule has 4 nitrogen and oxygen atoms in total. The van der Waals surface area contributed by atoms with Crippen molar-refractivity contribution in [2.75, 3.05) is 6.61 Å². The molecule has 0 aliphatic carbocycles. The van der Waals surface area contributed by atoms with Crippen molar-refractivity contribution in [3.8, 4) is 23.0 Å². The van der Waals surface area contributed by atoms with Gasteiger partial charge in [0.15, 0.2) is 0 Å². The normalized spacial score (nSPS) is 17.0. The first-order valence-corrected chi connectivity index (χ1v) is 7.96. The van der Waals surface area contributed by atoms with Gasteiger partial charge in [-0.2, -0.15) is 0 Å². The Bertz CT molecular complexity index is 792. The van der Waals surface area contributed by atoms with Gasteiger partial charge in [0.05, 0.1) is 6.61 Å². The van der Waals surface area contributed by atoms with E-state index in [4.69, 9.17) is 4.74 Å². The van der Waals surface area contributed by atoms with Crippen LogP contribution in [0.4, 0.5) is 0 Å². The van der Waals surface area contributed by atoms with Crippen molar-refractivity contribution in [1.29, 1.82) is 0 Å². The van der Waals surface area contributed by atoms with Gasteiger partial charge in [0.1, 0.15) is 23.0 Å². The van der Waals surface area contributed by atoms with Crippen LogP contribution in [0.3, 0.4) is 0 Å². The van der Waals surface area contributed by atoms with Gasteiger partial charge in [0.2, 0.25) is 0 Å². The number of ether oxygens (including phenoxy) is 1. The summed E-state index contributed by atoms with van der Waals surface area (Å²) in [5.41, 5.74) is 2.05. The lowest BCUT2D eigenvalue weighted by molar-refractivity contribution is 0.258. The molecule has 1 heterocycles. The number of benzene rings is 2. The van der Waals surface area contributed by atoms with Gasteiger partial charge < -0.3 is 20.1 Å². The molecule has 0 unspecified atom stereocenters. The van der Waals surface area contributed by atoms with Crippen molar-refractivity contribution in [1.82, 2.24) is 0 Å². The van der Waals surface area contributed by atoms with Gasteiger partial charge in [-0.15, -0.1) is 6.58 Å². The maximum atomic E-state index is 10.3. The Morgan fingerprint density at radius 3 is 2.58 bits per heavy atom. The molecule has 126 valence electrons. The minimum Gasteiger partial charge on any atom is -0.508 e. The van der Waals surface area contributed by atoms with E-state index in [-0.39, 0.29) is 23.2 Å². The van der Waals surface area contributed by atoms with Gasteiger partial charge >= 0.3 is 0 Å². The van der Waals surface area contributed by atoms with Crippen LogP contribution in [-0.2, 0) is 11.8 Å². The molecule has 3 rings (SSSR count). The molecule has 0 aromatic heterocycles. The summed E-state index contributed by atoms with van der Waals surface area (Å²) in [6, 6.07) is 8.30. The predicted molar refractivity (Wildman–Crippen MR) is 93.0 cm³/mol. The summed E-state index contributed by atoms with van der Waals surface area (Å²) in [6.45, 7) is 8.16. The zero-order valence-corrected chi connectivity index (χ0v) is 13.9. The first-order valence-electron chi connectivity index (χ1n) is 7.96. The lowest BCUT2D eigenvalue weighted by Gasteiger charge is -2.28. The highest BCUT2D eigenvalue weighted by atomic mass is 16.5. The van der Waals surface area contributed by atoms with E-state index in [0.717, 1.165) is 16.7 Å². The Morgan fingerprint density at radius 1 is 1.12 bits per heavy atom. The van der Waals surface area contributed by atoms with Gasteiger partial charge in [0.25, 0.3) is 0 Å². The Labute approximate surface area is 141 Å². The number of hydrogen-bond donors (Lipinski definition) is 3. The van der Waals surface area contributed by atoms with E-state index < -0.39 is 5.41 Å². The van der Waals surface area contributed by atoms with Crippen molar-refractivity contribution in [3.63, 3.8) is 0 Å². The largest absolute Gasteiger partial charge is 0.508 e. The van der Waals surface area contributed by atoms with Crippen LogP contribution < -0.4 is 4.74 Å². The van der Waals surface area contributed by atoms with E-state index in [1.165, 1.54) is 6.07 Å². The average molecular weight is 326 g/mol. The second-order valence-corrected chi connectivity index (χ2v) is 6.86. The van der Waals surface area contributed by atoms with E-state index in [1.54, 1.807) is 18.2 Å². The van der Waals surface area contributed by atoms with Crippen molar-refractivity contribution in [2.24, 2.45) is 0 Å². The summed E-state index contributed by atoms with van der Waals surface area (Å²) in [4.78, 5) is 0. The predicted octanol–water partition coefficient (Wildman–Crippen LogP) is 3.99. The number of aromatic hydroxyl groups is 3. The summed E-state index contributed by atoms with van der Waals surface area (Å²) in [5.74, 6) is 0.947. The molecular weight excluding hydrogens is 304 g/mol. The second kappa shape index (κ2) is 5.78. The molecular formula is C20H22O4. The molecule has 0 bridgehead atoms. The number of hydrogen-bond acceptors (Lipinski definition) is 4. The topological polar surface area (TPSA) is 69.9 Å². The Morgan fingerprint density at radius 2 is 1.88 bits per heavy atom. The highest BCUT2D eigenvalue weighted by Crippen LogP contribution is 2.42. The van der Waals surface area contributed by atoms with Gasteiger partial charge in [-0.25, -0.2) is 0 Å². The SMILES string of the molecule is C=CC(C)(C)c1cc([C@@H]2COc3cc(O)ccc3C2)c(O)cc1O. The number of rotatable bonds is 3. The van der Waals surface area contributed by atoms with Crippen LogP contribution in [0.5, 0.6) is 23.0 Å². The Kier molecular flexibility index (Phi) is 3.91. The highest BCUT2D eigenvalue weighted by Gasteiger charge is 2.28. The minimum absolute atomic E-state index is 0.0259. The van der Waals surface area contributed by atoms with Crippen molar-refractivity contribution in [2.45, 2.75) is 31.6 Å². The van der Waals surface area contributed by atoms with E-state index >= 15 is 0 Å². The molecule has 3 N–H and O–H groups in total. The molecule has 0 saturated carbocycles. The quantitative estimate of drug-likeness (QED) is 0.746. The minimum atomic E-state index is -0.411. The van der Waals surface area contributed by atoms with E-state index in [0.29, 0.717) is 18.8 Å². The van der Waals surface area contributed by atoms with Crippen LogP contribution in [0.1, 0.15) is 36.5 Å². The Hall–Kier alpha value is -2.62. The second-order valence-electron chi connectivity index (χ2n) is 6.86. The van der Waals surface area contributed by atoms with Crippen molar-refractivity contribution < 1.29 is 20.1 Å². The van der Waals surface area contributed by atoms with Crippen LogP contribution in [0, 0.1) is 0 Å². The number of allylic oxidation sites excluding steroid dienone is 1. The fraction of sp³-hybridized carbons (Fsp3) is 0.300. The van der Waals surface area contributed by atoms with Gasteiger partial charge in [-0.1, -0.05) is 26.0 Å². The van der Waals surface area contributed by atoms with Crippen LogP contribution in [-0.4, -0.2) is 21.9 Å². The van der Waals surface area contributed by atoms with E-state index in [9.17, 15) is 15.3 Å². The highest BCUT2D eigenvalue weighted by molar-refractivity contribution is 5.52. The van der Waals surface area contributed by atoms with Crippen LogP contribution >= 0.6 is 0 Å². The molecule has 0 amide bonds. The molecule has 24 heavy (non-hydrogen) atoms. The summed E-state index contributed by atoms with van der Waals surface area (Å²) in [5, 5.41) is 30.1. The summed E-state index contributed by atoms with van der Waals surface area (Å²) in [7, 11) is 0. The number of phenolic OH excluding ortho intramolecular Hbond substituents is 3. The zero-order chi connectivity index (χ0) is 17.5. The smallest absolute Gasteiger partial charge is 0.126 e. The fourth-order valence-electron chi connectivity index (χ4n) is 3.11. The summed E-state index contributed by atoms with van der Waals surface area (Å²) < 4.78 is 5.75. The lowest BCUT2D eigenvalue weighted by atomic mass is 9.80.